The molecule has 1 aliphatic rings. The number of amides is 1. The Morgan fingerprint density at radius 2 is 2.00 bits per heavy atom. The summed E-state index contributed by atoms with van der Waals surface area (Å²) in [6.45, 7) is 0. The van der Waals surface area contributed by atoms with Crippen LogP contribution in [0.25, 0.3) is 0 Å². The summed E-state index contributed by atoms with van der Waals surface area (Å²) in [7, 11) is 0. The van der Waals surface area contributed by atoms with Gasteiger partial charge in [-0.15, -0.1) is 0 Å². The Morgan fingerprint density at radius 1 is 1.29 bits per heavy atom. The van der Waals surface area contributed by atoms with Crippen molar-refractivity contribution in [3.05, 3.63) is 50.2 Å². The molecule has 0 fully saturated rings. The van der Waals surface area contributed by atoms with Crippen LogP contribution >= 0.6 is 27.7 Å². The largest absolute Gasteiger partial charge is 0.310 e. The molecule has 0 aliphatic carbocycles. The number of carbonyl (C=O) groups excluding carboxylic acids is 1. The van der Waals surface area contributed by atoms with Crippen molar-refractivity contribution in [2.24, 2.45) is 0 Å². The van der Waals surface area contributed by atoms with Crippen LogP contribution in [0, 0.1) is 0 Å². The highest BCUT2D eigenvalue weighted by molar-refractivity contribution is 9.10. The standard InChI is InChI=1S/C14H12BrN3O2S/c1-21-14-17-12-11(13(20)18-14)9(6-10(19)16-12)7-2-4-8(15)5-3-7/h2-5,9H,6H2,1H3,(H2,16,17,18,19,20)/t9-/m1/s1. The lowest BCUT2D eigenvalue weighted by molar-refractivity contribution is -0.116. The molecule has 2 heterocycles. The molecule has 0 spiro atoms. The first-order valence-corrected chi connectivity index (χ1v) is 8.34. The van der Waals surface area contributed by atoms with E-state index in [4.69, 9.17) is 0 Å². The minimum absolute atomic E-state index is 0.124. The zero-order valence-corrected chi connectivity index (χ0v) is 13.5. The summed E-state index contributed by atoms with van der Waals surface area (Å²) in [6, 6.07) is 7.64. The number of aromatic amines is 1. The van der Waals surface area contributed by atoms with E-state index in [1.165, 1.54) is 11.8 Å². The molecule has 1 aromatic carbocycles. The number of carbonyl (C=O) groups is 1. The lowest BCUT2D eigenvalue weighted by Gasteiger charge is -2.24. The van der Waals surface area contributed by atoms with Gasteiger partial charge in [0.15, 0.2) is 5.16 Å². The second-order valence-electron chi connectivity index (χ2n) is 4.69. The fourth-order valence-corrected chi connectivity index (χ4v) is 3.07. The molecule has 2 aromatic rings. The van der Waals surface area contributed by atoms with Crippen molar-refractivity contribution in [1.82, 2.24) is 9.97 Å². The Hall–Kier alpha value is -1.60. The molecule has 1 amide bonds. The van der Waals surface area contributed by atoms with Crippen LogP contribution in [0.2, 0.25) is 0 Å². The molecule has 0 unspecified atom stereocenters. The fourth-order valence-electron chi connectivity index (χ4n) is 2.43. The second kappa shape index (κ2) is 5.65. The molecule has 0 saturated heterocycles. The van der Waals surface area contributed by atoms with Crippen LogP contribution in [0.1, 0.15) is 23.5 Å². The van der Waals surface area contributed by atoms with Gasteiger partial charge >= 0.3 is 0 Å². The van der Waals surface area contributed by atoms with E-state index in [-0.39, 0.29) is 23.8 Å². The molecule has 108 valence electrons. The number of nitrogens with one attached hydrogen (secondary N) is 2. The maximum Gasteiger partial charge on any atom is 0.257 e. The Labute approximate surface area is 133 Å². The average Bonchev–Trinajstić information content (AvgIpc) is 2.46. The molecule has 1 aromatic heterocycles. The Balaban J connectivity index is 2.15. The lowest BCUT2D eigenvalue weighted by Crippen LogP contribution is -2.31. The molecule has 0 saturated carbocycles. The molecule has 1 atom stereocenters. The number of hydrogen-bond acceptors (Lipinski definition) is 4. The third kappa shape index (κ3) is 2.75. The molecule has 0 bridgehead atoms. The SMILES string of the molecule is CSc1nc2c(c(=O)[nH]1)[C@@H](c1ccc(Br)cc1)CC(=O)N2. The maximum absolute atomic E-state index is 12.3. The smallest absolute Gasteiger partial charge is 0.257 e. The van der Waals surface area contributed by atoms with E-state index in [1.54, 1.807) is 0 Å². The van der Waals surface area contributed by atoms with Crippen LogP contribution < -0.4 is 10.9 Å². The normalized spacial score (nSPS) is 17.2. The van der Waals surface area contributed by atoms with E-state index in [0.717, 1.165) is 10.0 Å². The average molecular weight is 366 g/mol. The highest BCUT2D eigenvalue weighted by Crippen LogP contribution is 2.34. The van der Waals surface area contributed by atoms with Crippen molar-refractivity contribution in [2.45, 2.75) is 17.5 Å². The monoisotopic (exact) mass is 365 g/mol. The third-order valence-electron chi connectivity index (χ3n) is 3.40. The molecule has 5 nitrogen and oxygen atoms in total. The number of aromatic nitrogens is 2. The van der Waals surface area contributed by atoms with E-state index >= 15 is 0 Å². The Kier molecular flexibility index (Phi) is 3.86. The summed E-state index contributed by atoms with van der Waals surface area (Å²) >= 11 is 4.72. The number of halogens is 1. The number of hydrogen-bond donors (Lipinski definition) is 2. The zero-order chi connectivity index (χ0) is 15.0. The highest BCUT2D eigenvalue weighted by atomic mass is 79.9. The van der Waals surface area contributed by atoms with Crippen LogP contribution in [0.3, 0.4) is 0 Å². The summed E-state index contributed by atoms with van der Waals surface area (Å²) in [5.74, 6) is -0.0261. The van der Waals surface area contributed by atoms with Gasteiger partial charge in [0.05, 0.1) is 5.56 Å². The summed E-state index contributed by atoms with van der Waals surface area (Å²) in [5.41, 5.74) is 1.26. The Bertz CT molecular complexity index is 758. The van der Waals surface area contributed by atoms with Crippen molar-refractivity contribution < 1.29 is 4.79 Å². The quantitative estimate of drug-likeness (QED) is 0.633. The van der Waals surface area contributed by atoms with Crippen LogP contribution in [0.15, 0.2) is 38.7 Å². The number of nitrogens with zero attached hydrogens (tertiary/aromatic N) is 1. The predicted octanol–water partition coefficient (Wildman–Crippen LogP) is 2.73. The number of H-pyrrole nitrogens is 1. The Morgan fingerprint density at radius 3 is 2.67 bits per heavy atom. The van der Waals surface area contributed by atoms with E-state index in [2.05, 4.69) is 31.2 Å². The lowest BCUT2D eigenvalue weighted by atomic mass is 9.87. The van der Waals surface area contributed by atoms with Gasteiger partial charge in [0.25, 0.3) is 5.56 Å². The van der Waals surface area contributed by atoms with E-state index in [9.17, 15) is 9.59 Å². The van der Waals surface area contributed by atoms with E-state index in [1.807, 2.05) is 30.5 Å². The van der Waals surface area contributed by atoms with Gasteiger partial charge in [-0.05, 0) is 24.0 Å². The molecule has 1 aliphatic heterocycles. The number of benzene rings is 1. The van der Waals surface area contributed by atoms with Gasteiger partial charge in [-0.2, -0.15) is 0 Å². The van der Waals surface area contributed by atoms with Gasteiger partial charge in [-0.1, -0.05) is 39.8 Å². The predicted molar refractivity (Wildman–Crippen MR) is 85.9 cm³/mol. The first kappa shape index (κ1) is 14.3. The molecular weight excluding hydrogens is 354 g/mol. The van der Waals surface area contributed by atoms with Gasteiger partial charge in [0.1, 0.15) is 5.82 Å². The number of anilines is 1. The van der Waals surface area contributed by atoms with Crippen molar-refractivity contribution in [3.63, 3.8) is 0 Å². The minimum Gasteiger partial charge on any atom is -0.310 e. The van der Waals surface area contributed by atoms with Gasteiger partial charge in [-0.25, -0.2) is 4.98 Å². The van der Waals surface area contributed by atoms with Crippen molar-refractivity contribution in [3.8, 4) is 0 Å². The van der Waals surface area contributed by atoms with Crippen LogP contribution in [0.5, 0.6) is 0 Å². The van der Waals surface area contributed by atoms with Gasteiger partial charge in [0.2, 0.25) is 5.91 Å². The van der Waals surface area contributed by atoms with Crippen molar-refractivity contribution in [2.75, 3.05) is 11.6 Å². The first-order valence-electron chi connectivity index (χ1n) is 6.32. The molecule has 2 N–H and O–H groups in total. The molecular formula is C14H12BrN3O2S. The van der Waals surface area contributed by atoms with Gasteiger partial charge < -0.3 is 10.3 Å². The van der Waals surface area contributed by atoms with Crippen molar-refractivity contribution in [1.29, 1.82) is 0 Å². The molecule has 3 rings (SSSR count). The summed E-state index contributed by atoms with van der Waals surface area (Å²) in [5, 5.41) is 3.19. The van der Waals surface area contributed by atoms with Crippen LogP contribution in [-0.4, -0.2) is 22.1 Å². The summed E-state index contributed by atoms with van der Waals surface area (Å²) < 4.78 is 0.955. The summed E-state index contributed by atoms with van der Waals surface area (Å²) in [4.78, 5) is 31.3. The minimum atomic E-state index is -0.269. The topological polar surface area (TPSA) is 74.8 Å². The van der Waals surface area contributed by atoms with E-state index in [0.29, 0.717) is 16.5 Å². The highest BCUT2D eigenvalue weighted by Gasteiger charge is 2.30. The van der Waals surface area contributed by atoms with Crippen LogP contribution in [-0.2, 0) is 4.79 Å². The first-order chi connectivity index (χ1) is 10.1. The third-order valence-corrected chi connectivity index (χ3v) is 4.50. The number of thioether (sulfide) groups is 1. The van der Waals surface area contributed by atoms with E-state index < -0.39 is 0 Å². The fraction of sp³-hybridized carbons (Fsp3) is 0.214. The molecule has 7 heteroatoms. The second-order valence-corrected chi connectivity index (χ2v) is 6.40. The van der Waals surface area contributed by atoms with Gasteiger partial charge in [0, 0.05) is 16.8 Å². The molecule has 0 radical (unpaired) electrons. The van der Waals surface area contributed by atoms with Crippen molar-refractivity contribution >= 4 is 39.4 Å². The number of fused-ring (bicyclic) bond motifs is 1. The summed E-state index contributed by atoms with van der Waals surface area (Å²) in [6.07, 6.45) is 2.07. The molecule has 21 heavy (non-hydrogen) atoms. The maximum atomic E-state index is 12.3. The van der Waals surface area contributed by atoms with Gasteiger partial charge in [-0.3, -0.25) is 9.59 Å². The zero-order valence-electron chi connectivity index (χ0n) is 11.1. The van der Waals surface area contributed by atoms with Crippen LogP contribution in [0.4, 0.5) is 5.82 Å². The number of rotatable bonds is 2.